The molecule has 0 saturated carbocycles. The third-order valence-electron chi connectivity index (χ3n) is 6.08. The normalized spacial score (nSPS) is 27.4. The average Bonchev–Trinajstić information content (AvgIpc) is 3.03. The van der Waals surface area contributed by atoms with E-state index in [0.29, 0.717) is 36.6 Å². The molecule has 6 heteroatoms. The molecule has 3 atom stereocenters. The van der Waals surface area contributed by atoms with Gasteiger partial charge < -0.3 is 25.0 Å². The Balaban J connectivity index is 1.71. The number of benzene rings is 2. The first-order chi connectivity index (χ1) is 14.3. The number of nitrogens with one attached hydrogen (secondary N) is 1. The van der Waals surface area contributed by atoms with Gasteiger partial charge in [-0.3, -0.25) is 0 Å². The Morgan fingerprint density at radius 2 is 1.97 bits per heavy atom. The monoisotopic (exact) mass is 431 g/mol. The van der Waals surface area contributed by atoms with E-state index < -0.39 is 11.7 Å². The van der Waals surface area contributed by atoms with Gasteiger partial charge in [-0.2, -0.15) is 0 Å². The third kappa shape index (κ3) is 4.17. The van der Waals surface area contributed by atoms with Gasteiger partial charge in [0.25, 0.3) is 0 Å². The van der Waals surface area contributed by atoms with Gasteiger partial charge in [0.05, 0.1) is 0 Å². The molecule has 2 heterocycles. The summed E-state index contributed by atoms with van der Waals surface area (Å²) in [5, 5.41) is 25.3. The highest BCUT2D eigenvalue weighted by Gasteiger charge is 2.48. The summed E-state index contributed by atoms with van der Waals surface area (Å²) in [6, 6.07) is 13.1. The molecule has 2 aliphatic rings. The van der Waals surface area contributed by atoms with Crippen LogP contribution in [-0.2, 0) is 12.0 Å². The number of halogens is 1. The molecule has 0 spiro atoms. The summed E-state index contributed by atoms with van der Waals surface area (Å²) in [5.74, 6) is 1.40. The molecule has 0 bridgehead atoms. The molecule has 4 rings (SSSR count). The van der Waals surface area contributed by atoms with Crippen LogP contribution in [0.1, 0.15) is 44.2 Å². The SMILES string of the molecule is CC1(C)Cc2cccc(OC3C(CCCO)NCCC3(O)c3ccc(Cl)cc3)c2O1. The number of aliphatic hydroxyl groups is 2. The Morgan fingerprint density at radius 1 is 1.20 bits per heavy atom. The van der Waals surface area contributed by atoms with Crippen molar-refractivity contribution in [2.75, 3.05) is 13.2 Å². The van der Waals surface area contributed by atoms with Gasteiger partial charge in [0.1, 0.15) is 17.3 Å². The third-order valence-corrected chi connectivity index (χ3v) is 6.33. The van der Waals surface area contributed by atoms with Crippen LogP contribution in [0.5, 0.6) is 11.5 Å². The van der Waals surface area contributed by atoms with Crippen molar-refractivity contribution in [3.05, 3.63) is 58.6 Å². The van der Waals surface area contributed by atoms with E-state index in [2.05, 4.69) is 25.2 Å². The highest BCUT2D eigenvalue weighted by Crippen LogP contribution is 2.45. The van der Waals surface area contributed by atoms with Gasteiger partial charge in [0, 0.05) is 29.7 Å². The summed E-state index contributed by atoms with van der Waals surface area (Å²) >= 11 is 6.08. The van der Waals surface area contributed by atoms with E-state index in [1.54, 1.807) is 12.1 Å². The number of hydrogen-bond acceptors (Lipinski definition) is 5. The standard InChI is InChI=1S/C24H30ClNO4/c1-23(2)15-16-5-3-7-20(21(16)30-23)29-22-19(6-4-14-27)26-13-12-24(22,28)17-8-10-18(25)11-9-17/h3,5,7-11,19,22,26-28H,4,6,12-15H2,1-2H3. The fraction of sp³-hybridized carbons (Fsp3) is 0.500. The second kappa shape index (κ2) is 8.39. The fourth-order valence-electron chi connectivity index (χ4n) is 4.64. The Kier molecular flexibility index (Phi) is 5.99. The molecular weight excluding hydrogens is 402 g/mol. The van der Waals surface area contributed by atoms with Crippen LogP contribution < -0.4 is 14.8 Å². The average molecular weight is 432 g/mol. The van der Waals surface area contributed by atoms with Gasteiger partial charge in [-0.25, -0.2) is 0 Å². The van der Waals surface area contributed by atoms with E-state index in [0.717, 1.165) is 23.3 Å². The van der Waals surface area contributed by atoms with Crippen LogP contribution in [0.15, 0.2) is 42.5 Å². The quantitative estimate of drug-likeness (QED) is 0.648. The lowest BCUT2D eigenvalue weighted by molar-refractivity contribution is -0.107. The minimum atomic E-state index is -1.19. The molecule has 0 aromatic heterocycles. The smallest absolute Gasteiger partial charge is 0.165 e. The van der Waals surface area contributed by atoms with Gasteiger partial charge in [-0.1, -0.05) is 35.9 Å². The number of fused-ring (bicyclic) bond motifs is 1. The predicted octanol–water partition coefficient (Wildman–Crippen LogP) is 3.82. The molecule has 30 heavy (non-hydrogen) atoms. The lowest BCUT2D eigenvalue weighted by Gasteiger charge is -2.45. The summed E-state index contributed by atoms with van der Waals surface area (Å²) in [6.45, 7) is 4.88. The Morgan fingerprint density at radius 3 is 2.70 bits per heavy atom. The van der Waals surface area contributed by atoms with Crippen molar-refractivity contribution in [2.45, 2.75) is 62.9 Å². The Bertz CT molecular complexity index is 885. The second-order valence-electron chi connectivity index (χ2n) is 8.93. The Labute approximate surface area is 183 Å². The van der Waals surface area contributed by atoms with Gasteiger partial charge in [0.2, 0.25) is 0 Å². The van der Waals surface area contributed by atoms with Crippen molar-refractivity contribution in [1.29, 1.82) is 0 Å². The summed E-state index contributed by atoms with van der Waals surface area (Å²) < 4.78 is 12.7. The minimum Gasteiger partial charge on any atom is -0.483 e. The fourth-order valence-corrected chi connectivity index (χ4v) is 4.76. The molecule has 5 nitrogen and oxygen atoms in total. The molecule has 0 aliphatic carbocycles. The predicted molar refractivity (Wildman–Crippen MR) is 117 cm³/mol. The van der Waals surface area contributed by atoms with E-state index in [1.807, 2.05) is 24.3 Å². The van der Waals surface area contributed by atoms with Crippen molar-refractivity contribution < 1.29 is 19.7 Å². The van der Waals surface area contributed by atoms with Crippen LogP contribution in [0.25, 0.3) is 0 Å². The van der Waals surface area contributed by atoms with Crippen molar-refractivity contribution in [2.24, 2.45) is 0 Å². The zero-order chi connectivity index (χ0) is 21.4. The first-order valence-electron chi connectivity index (χ1n) is 10.6. The van der Waals surface area contributed by atoms with Crippen LogP contribution >= 0.6 is 11.6 Å². The van der Waals surface area contributed by atoms with Crippen molar-refractivity contribution in [3.63, 3.8) is 0 Å². The lowest BCUT2D eigenvalue weighted by Crippen LogP contribution is -2.60. The van der Waals surface area contributed by atoms with Gasteiger partial charge >= 0.3 is 0 Å². The largest absolute Gasteiger partial charge is 0.483 e. The number of aliphatic hydroxyl groups excluding tert-OH is 1. The van der Waals surface area contributed by atoms with Gasteiger partial charge in [0.15, 0.2) is 11.5 Å². The van der Waals surface area contributed by atoms with Crippen LogP contribution in [0.2, 0.25) is 5.02 Å². The van der Waals surface area contributed by atoms with Crippen molar-refractivity contribution in [3.8, 4) is 11.5 Å². The van der Waals surface area contributed by atoms with Crippen LogP contribution in [0.3, 0.4) is 0 Å². The maximum Gasteiger partial charge on any atom is 0.165 e. The zero-order valence-electron chi connectivity index (χ0n) is 17.5. The van der Waals surface area contributed by atoms with E-state index in [4.69, 9.17) is 21.1 Å². The molecule has 1 saturated heterocycles. The molecular formula is C24H30ClNO4. The number of hydrogen-bond donors (Lipinski definition) is 3. The summed E-state index contributed by atoms with van der Waals surface area (Å²) in [6.07, 6.45) is 2.11. The molecule has 2 aliphatic heterocycles. The molecule has 162 valence electrons. The molecule has 2 aromatic carbocycles. The number of para-hydroxylation sites is 1. The van der Waals surface area contributed by atoms with Crippen molar-refractivity contribution >= 4 is 11.6 Å². The van der Waals surface area contributed by atoms with Gasteiger partial charge in [-0.05, 0) is 63.4 Å². The summed E-state index contributed by atoms with van der Waals surface area (Å²) in [7, 11) is 0. The van der Waals surface area contributed by atoms with E-state index >= 15 is 0 Å². The summed E-state index contributed by atoms with van der Waals surface area (Å²) in [5.41, 5.74) is 0.423. The second-order valence-corrected chi connectivity index (χ2v) is 9.37. The molecule has 0 radical (unpaired) electrons. The van der Waals surface area contributed by atoms with Crippen LogP contribution in [-0.4, -0.2) is 41.1 Å². The molecule has 3 N–H and O–H groups in total. The molecule has 1 fully saturated rings. The van der Waals surface area contributed by atoms with Crippen molar-refractivity contribution in [1.82, 2.24) is 5.32 Å². The highest BCUT2D eigenvalue weighted by molar-refractivity contribution is 6.30. The van der Waals surface area contributed by atoms with E-state index in [1.165, 1.54) is 0 Å². The van der Waals surface area contributed by atoms with Crippen LogP contribution in [0, 0.1) is 0 Å². The molecule has 0 amide bonds. The first-order valence-corrected chi connectivity index (χ1v) is 11.0. The summed E-state index contributed by atoms with van der Waals surface area (Å²) in [4.78, 5) is 0. The first kappa shape index (κ1) is 21.4. The molecule has 2 aromatic rings. The number of piperidine rings is 1. The maximum absolute atomic E-state index is 11.9. The van der Waals surface area contributed by atoms with E-state index in [9.17, 15) is 10.2 Å². The zero-order valence-corrected chi connectivity index (χ0v) is 18.3. The maximum atomic E-state index is 11.9. The lowest BCUT2D eigenvalue weighted by atomic mass is 9.78. The topological polar surface area (TPSA) is 71.0 Å². The molecule has 3 unspecified atom stereocenters. The van der Waals surface area contributed by atoms with E-state index in [-0.39, 0.29) is 18.2 Å². The highest BCUT2D eigenvalue weighted by atomic mass is 35.5. The number of rotatable bonds is 6. The minimum absolute atomic E-state index is 0.0995. The number of ether oxygens (including phenoxy) is 2. The Hall–Kier alpha value is -1.79. The van der Waals surface area contributed by atoms with Crippen LogP contribution in [0.4, 0.5) is 0 Å². The van der Waals surface area contributed by atoms with Gasteiger partial charge in [-0.15, -0.1) is 0 Å².